The van der Waals surface area contributed by atoms with Gasteiger partial charge in [-0.2, -0.15) is 0 Å². The summed E-state index contributed by atoms with van der Waals surface area (Å²) in [7, 11) is 0. The predicted molar refractivity (Wildman–Crippen MR) is 50.4 cm³/mol. The molecule has 3 nitrogen and oxygen atoms in total. The Kier molecular flexibility index (Phi) is 3.36. The lowest BCUT2D eigenvalue weighted by molar-refractivity contribution is -0.138. The van der Waals surface area contributed by atoms with Gasteiger partial charge in [-0.15, -0.1) is 0 Å². The Morgan fingerprint density at radius 3 is 2.67 bits per heavy atom. The number of aryl methyl sites for hydroxylation is 1. The molecule has 0 aliphatic rings. The second kappa shape index (κ2) is 4.35. The third kappa shape index (κ3) is 2.50. The van der Waals surface area contributed by atoms with Gasteiger partial charge in [-0.3, -0.25) is 4.79 Å². The summed E-state index contributed by atoms with van der Waals surface area (Å²) in [6.07, 6.45) is -0.353. The van der Waals surface area contributed by atoms with Crippen LogP contribution in [0.25, 0.3) is 0 Å². The van der Waals surface area contributed by atoms with Crippen LogP contribution in [0.4, 0.5) is 8.78 Å². The van der Waals surface area contributed by atoms with E-state index in [2.05, 4.69) is 0 Å². The van der Waals surface area contributed by atoms with Crippen LogP contribution < -0.4 is 5.73 Å². The molecule has 0 aliphatic carbocycles. The maximum atomic E-state index is 13.4. The minimum Gasteiger partial charge on any atom is -0.480 e. The van der Waals surface area contributed by atoms with Gasteiger partial charge in [0.1, 0.15) is 17.7 Å². The molecule has 0 aromatic heterocycles. The van der Waals surface area contributed by atoms with Crippen LogP contribution >= 0.6 is 0 Å². The zero-order valence-electron chi connectivity index (χ0n) is 8.13. The summed E-state index contributed by atoms with van der Waals surface area (Å²) in [5, 5.41) is 8.52. The Morgan fingerprint density at radius 1 is 1.53 bits per heavy atom. The van der Waals surface area contributed by atoms with Gasteiger partial charge < -0.3 is 10.8 Å². The topological polar surface area (TPSA) is 63.3 Å². The average molecular weight is 215 g/mol. The van der Waals surface area contributed by atoms with Crippen molar-refractivity contribution in [1.29, 1.82) is 0 Å². The van der Waals surface area contributed by atoms with E-state index in [1.165, 1.54) is 13.0 Å². The molecule has 0 heterocycles. The van der Waals surface area contributed by atoms with Gasteiger partial charge >= 0.3 is 5.97 Å². The quantitative estimate of drug-likeness (QED) is 0.797. The molecule has 0 radical (unpaired) electrons. The van der Waals surface area contributed by atoms with Crippen molar-refractivity contribution in [2.45, 2.75) is 19.4 Å². The summed E-state index contributed by atoms with van der Waals surface area (Å²) in [6.45, 7) is 1.48. The Morgan fingerprint density at radius 2 is 2.13 bits per heavy atom. The smallest absolute Gasteiger partial charge is 0.320 e. The van der Waals surface area contributed by atoms with E-state index in [0.717, 1.165) is 6.07 Å². The van der Waals surface area contributed by atoms with Gasteiger partial charge in [0.25, 0.3) is 0 Å². The van der Waals surface area contributed by atoms with Crippen molar-refractivity contribution in [3.8, 4) is 0 Å². The van der Waals surface area contributed by atoms with Gasteiger partial charge in [0.05, 0.1) is 0 Å². The summed E-state index contributed by atoms with van der Waals surface area (Å²) >= 11 is 0. The fourth-order valence-corrected chi connectivity index (χ4v) is 1.21. The van der Waals surface area contributed by atoms with Crippen LogP contribution in [0.2, 0.25) is 0 Å². The largest absolute Gasteiger partial charge is 0.480 e. The zero-order chi connectivity index (χ0) is 11.6. The predicted octanol–water partition coefficient (Wildman–Crippen LogP) is 1.23. The second-order valence-electron chi connectivity index (χ2n) is 3.31. The van der Waals surface area contributed by atoms with Crippen molar-refractivity contribution >= 4 is 5.97 Å². The Bertz CT molecular complexity index is 393. The van der Waals surface area contributed by atoms with Gasteiger partial charge in [-0.05, 0) is 18.6 Å². The summed E-state index contributed by atoms with van der Waals surface area (Å²) in [4.78, 5) is 10.4. The third-order valence-electron chi connectivity index (χ3n) is 2.12. The van der Waals surface area contributed by atoms with Gasteiger partial charge in [-0.1, -0.05) is 6.07 Å². The van der Waals surface area contributed by atoms with Crippen LogP contribution in [0.15, 0.2) is 12.1 Å². The molecular weight excluding hydrogens is 204 g/mol. The summed E-state index contributed by atoms with van der Waals surface area (Å²) < 4.78 is 26.6. The second-order valence-corrected chi connectivity index (χ2v) is 3.31. The fourth-order valence-electron chi connectivity index (χ4n) is 1.21. The van der Waals surface area contributed by atoms with Gasteiger partial charge in [-0.25, -0.2) is 8.78 Å². The van der Waals surface area contributed by atoms with E-state index >= 15 is 0 Å². The summed E-state index contributed by atoms with van der Waals surface area (Å²) in [5.41, 5.74) is 5.20. The molecule has 1 atom stereocenters. The molecular formula is C10H11F2NO2. The maximum absolute atomic E-state index is 13.4. The van der Waals surface area contributed by atoms with Gasteiger partial charge in [0.15, 0.2) is 0 Å². The molecule has 1 aromatic rings. The average Bonchev–Trinajstić information content (AvgIpc) is 2.18. The van der Waals surface area contributed by atoms with E-state index in [-0.39, 0.29) is 17.5 Å². The number of aliphatic carboxylic acids is 1. The molecule has 0 aliphatic heterocycles. The lowest BCUT2D eigenvalue weighted by atomic mass is 10.0. The van der Waals surface area contributed by atoms with Crippen LogP contribution in [-0.4, -0.2) is 17.1 Å². The fraction of sp³-hybridized carbons (Fsp3) is 0.300. The molecule has 0 saturated carbocycles. The molecule has 5 heteroatoms. The number of hydrogen-bond donors (Lipinski definition) is 2. The van der Waals surface area contributed by atoms with E-state index < -0.39 is 23.6 Å². The standard InChI is InChI=1S/C10H11F2NO2/c1-5-2-3-7(11)6(9(5)12)4-8(13)10(14)15/h2-3,8H,4,13H2,1H3,(H,14,15)/t8-/m0/s1. The van der Waals surface area contributed by atoms with Crippen LogP contribution in [0.1, 0.15) is 11.1 Å². The molecule has 0 spiro atoms. The van der Waals surface area contributed by atoms with E-state index in [4.69, 9.17) is 10.8 Å². The van der Waals surface area contributed by atoms with E-state index in [1.54, 1.807) is 0 Å². The molecule has 0 fully saturated rings. The molecule has 1 rings (SSSR count). The molecule has 1 aromatic carbocycles. The van der Waals surface area contributed by atoms with Crippen molar-refractivity contribution in [2.75, 3.05) is 0 Å². The highest BCUT2D eigenvalue weighted by Gasteiger charge is 2.18. The normalized spacial score (nSPS) is 12.5. The zero-order valence-corrected chi connectivity index (χ0v) is 8.13. The maximum Gasteiger partial charge on any atom is 0.320 e. The SMILES string of the molecule is Cc1ccc(F)c(C[C@H](N)C(=O)O)c1F. The highest BCUT2D eigenvalue weighted by molar-refractivity contribution is 5.73. The van der Waals surface area contributed by atoms with Crippen LogP contribution in [-0.2, 0) is 11.2 Å². The minimum absolute atomic E-state index is 0.268. The number of carboxylic acids is 1. The first-order chi connectivity index (χ1) is 6.93. The molecule has 0 bridgehead atoms. The van der Waals surface area contributed by atoms with Crippen LogP contribution in [0.5, 0.6) is 0 Å². The highest BCUT2D eigenvalue weighted by Crippen LogP contribution is 2.17. The number of halogens is 2. The molecule has 0 unspecified atom stereocenters. The Labute approximate surface area is 85.5 Å². The number of benzene rings is 1. The van der Waals surface area contributed by atoms with Gasteiger partial charge in [0.2, 0.25) is 0 Å². The summed E-state index contributed by atoms with van der Waals surface area (Å²) in [6, 6.07) is 1.10. The molecule has 0 saturated heterocycles. The first-order valence-corrected chi connectivity index (χ1v) is 4.35. The van der Waals surface area contributed by atoms with Crippen molar-refractivity contribution in [3.05, 3.63) is 34.9 Å². The van der Waals surface area contributed by atoms with E-state index in [0.29, 0.717) is 0 Å². The summed E-state index contributed by atoms with van der Waals surface area (Å²) in [5.74, 6) is -2.78. The molecule has 3 N–H and O–H groups in total. The van der Waals surface area contributed by atoms with Gasteiger partial charge in [0, 0.05) is 12.0 Å². The number of rotatable bonds is 3. The molecule has 0 amide bonds. The van der Waals surface area contributed by atoms with Crippen LogP contribution in [0, 0.1) is 18.6 Å². The molecule has 82 valence electrons. The van der Waals surface area contributed by atoms with E-state index in [1.807, 2.05) is 0 Å². The lowest BCUT2D eigenvalue weighted by Crippen LogP contribution is -2.33. The number of nitrogens with two attached hydrogens (primary N) is 1. The third-order valence-corrected chi connectivity index (χ3v) is 2.12. The minimum atomic E-state index is -1.30. The number of carboxylic acid groups (broad SMARTS) is 1. The first kappa shape index (κ1) is 11.6. The highest BCUT2D eigenvalue weighted by atomic mass is 19.1. The Balaban J connectivity index is 3.03. The first-order valence-electron chi connectivity index (χ1n) is 4.35. The lowest BCUT2D eigenvalue weighted by Gasteiger charge is -2.09. The van der Waals surface area contributed by atoms with Crippen molar-refractivity contribution in [2.24, 2.45) is 5.73 Å². The van der Waals surface area contributed by atoms with Crippen molar-refractivity contribution in [1.82, 2.24) is 0 Å². The van der Waals surface area contributed by atoms with Crippen molar-refractivity contribution < 1.29 is 18.7 Å². The number of carbonyl (C=O) groups is 1. The van der Waals surface area contributed by atoms with E-state index in [9.17, 15) is 13.6 Å². The monoisotopic (exact) mass is 215 g/mol. The molecule has 15 heavy (non-hydrogen) atoms. The van der Waals surface area contributed by atoms with Crippen LogP contribution in [0.3, 0.4) is 0 Å². The number of hydrogen-bond acceptors (Lipinski definition) is 2. The Hall–Kier alpha value is -1.49. The van der Waals surface area contributed by atoms with Crippen molar-refractivity contribution in [3.63, 3.8) is 0 Å².